The Bertz CT molecular complexity index is 1160. The van der Waals surface area contributed by atoms with E-state index in [1.54, 1.807) is 0 Å². The molecule has 0 saturated carbocycles. The first-order valence-corrected chi connectivity index (χ1v) is 10.6. The van der Waals surface area contributed by atoms with Crippen molar-refractivity contribution in [3.63, 3.8) is 0 Å². The van der Waals surface area contributed by atoms with Crippen LogP contribution in [0, 0.1) is 0 Å². The smallest absolute Gasteiger partial charge is 0.258 e. The molecule has 0 unspecified atom stereocenters. The highest BCUT2D eigenvalue weighted by molar-refractivity contribution is 7.18. The summed E-state index contributed by atoms with van der Waals surface area (Å²) in [5, 5.41) is 1.90. The van der Waals surface area contributed by atoms with Crippen molar-refractivity contribution in [2.45, 2.75) is 31.7 Å². The number of benzene rings is 2. The summed E-state index contributed by atoms with van der Waals surface area (Å²) in [6.45, 7) is 4.10. The monoisotopic (exact) mass is 390 g/mol. The van der Waals surface area contributed by atoms with E-state index in [-0.39, 0.29) is 11.6 Å². The van der Waals surface area contributed by atoms with Gasteiger partial charge in [0.15, 0.2) is 0 Å². The first kappa shape index (κ1) is 17.5. The van der Waals surface area contributed by atoms with E-state index < -0.39 is 0 Å². The highest BCUT2D eigenvalue weighted by atomic mass is 32.1. The van der Waals surface area contributed by atoms with Crippen LogP contribution in [0.3, 0.4) is 0 Å². The van der Waals surface area contributed by atoms with Gasteiger partial charge in [0, 0.05) is 5.92 Å². The van der Waals surface area contributed by atoms with Crippen LogP contribution in [0.25, 0.3) is 21.1 Å². The van der Waals surface area contributed by atoms with Gasteiger partial charge in [-0.15, -0.1) is 11.3 Å². The Hall–Kier alpha value is -2.57. The zero-order valence-electron chi connectivity index (χ0n) is 15.8. The summed E-state index contributed by atoms with van der Waals surface area (Å²) in [5.74, 6) is 1.27. The molecule has 4 aromatic rings. The average Bonchev–Trinajstić information content (AvgIpc) is 3.18. The lowest BCUT2D eigenvalue weighted by Crippen LogP contribution is -2.36. The first-order chi connectivity index (χ1) is 13.7. The predicted octanol–water partition coefficient (Wildman–Crippen LogP) is 4.47. The molecule has 3 heterocycles. The molecule has 1 atom stereocenters. The number of para-hydroxylation sites is 2. The van der Waals surface area contributed by atoms with Gasteiger partial charge in [-0.3, -0.25) is 9.69 Å². The zero-order valence-corrected chi connectivity index (χ0v) is 16.6. The molecular formula is C22H22N4OS. The SMILES string of the molecule is C[C@H](c1nc2ccccc2c(=O)[nH]1)N1CCC(c2nc3ccccc3s2)CC1. The fraction of sp³-hybridized carbons (Fsp3) is 0.318. The molecule has 0 radical (unpaired) electrons. The second kappa shape index (κ2) is 7.11. The van der Waals surface area contributed by atoms with Crippen molar-refractivity contribution < 1.29 is 0 Å². The molecule has 0 amide bonds. The Morgan fingerprint density at radius 3 is 2.54 bits per heavy atom. The number of nitrogens with zero attached hydrogens (tertiary/aromatic N) is 3. The number of thiazole rings is 1. The molecule has 6 heteroatoms. The number of nitrogens with one attached hydrogen (secondary N) is 1. The predicted molar refractivity (Wildman–Crippen MR) is 114 cm³/mol. The quantitative estimate of drug-likeness (QED) is 0.560. The minimum Gasteiger partial charge on any atom is -0.309 e. The lowest BCUT2D eigenvalue weighted by Gasteiger charge is -2.34. The Labute approximate surface area is 167 Å². The maximum Gasteiger partial charge on any atom is 0.258 e. The number of piperidine rings is 1. The molecule has 2 aromatic carbocycles. The van der Waals surface area contributed by atoms with Gasteiger partial charge >= 0.3 is 0 Å². The third-order valence-corrected chi connectivity index (χ3v) is 6.96. The summed E-state index contributed by atoms with van der Waals surface area (Å²) in [6.07, 6.45) is 2.17. The van der Waals surface area contributed by atoms with Gasteiger partial charge in [0.1, 0.15) is 5.82 Å². The van der Waals surface area contributed by atoms with Crippen molar-refractivity contribution >= 4 is 32.5 Å². The van der Waals surface area contributed by atoms with Crippen LogP contribution in [0.15, 0.2) is 53.3 Å². The fourth-order valence-electron chi connectivity index (χ4n) is 4.07. The Morgan fingerprint density at radius 2 is 1.75 bits per heavy atom. The van der Waals surface area contributed by atoms with Gasteiger partial charge in [0.2, 0.25) is 0 Å². The van der Waals surface area contributed by atoms with Gasteiger partial charge in [-0.1, -0.05) is 24.3 Å². The second-order valence-corrected chi connectivity index (χ2v) is 8.54. The van der Waals surface area contributed by atoms with Crippen molar-refractivity contribution in [3.05, 3.63) is 69.7 Å². The minimum atomic E-state index is -0.0585. The summed E-state index contributed by atoms with van der Waals surface area (Å²) in [5.41, 5.74) is 1.81. The van der Waals surface area contributed by atoms with Crippen molar-refractivity contribution in [1.29, 1.82) is 0 Å². The number of aromatic nitrogens is 3. The summed E-state index contributed by atoms with van der Waals surface area (Å²) in [6, 6.07) is 16.0. The van der Waals surface area contributed by atoms with Crippen LogP contribution < -0.4 is 5.56 Å². The molecule has 1 fully saturated rings. The number of fused-ring (bicyclic) bond motifs is 2. The van der Waals surface area contributed by atoms with Crippen molar-refractivity contribution in [2.75, 3.05) is 13.1 Å². The van der Waals surface area contributed by atoms with Crippen LogP contribution in [-0.4, -0.2) is 32.9 Å². The zero-order chi connectivity index (χ0) is 19.1. The summed E-state index contributed by atoms with van der Waals surface area (Å²) < 4.78 is 1.27. The molecule has 0 spiro atoms. The van der Waals surface area contributed by atoms with E-state index in [1.165, 1.54) is 9.71 Å². The molecule has 2 aromatic heterocycles. The normalized spacial score (nSPS) is 17.3. The van der Waals surface area contributed by atoms with Crippen LogP contribution >= 0.6 is 11.3 Å². The van der Waals surface area contributed by atoms with Gasteiger partial charge in [-0.05, 0) is 57.1 Å². The molecule has 5 rings (SSSR count). The van der Waals surface area contributed by atoms with E-state index in [9.17, 15) is 4.79 Å². The van der Waals surface area contributed by atoms with E-state index in [4.69, 9.17) is 9.97 Å². The molecule has 0 bridgehead atoms. The fourth-order valence-corrected chi connectivity index (χ4v) is 5.21. The maximum atomic E-state index is 12.4. The molecule has 1 aliphatic rings. The van der Waals surface area contributed by atoms with Gasteiger partial charge < -0.3 is 4.98 Å². The van der Waals surface area contributed by atoms with Crippen LogP contribution in [0.2, 0.25) is 0 Å². The molecule has 1 saturated heterocycles. The molecule has 1 aliphatic heterocycles. The third kappa shape index (κ3) is 3.12. The topological polar surface area (TPSA) is 61.9 Å². The number of hydrogen-bond donors (Lipinski definition) is 1. The third-order valence-electron chi connectivity index (χ3n) is 5.76. The van der Waals surface area contributed by atoms with E-state index in [0.717, 1.165) is 42.8 Å². The van der Waals surface area contributed by atoms with Crippen LogP contribution in [0.5, 0.6) is 0 Å². The number of rotatable bonds is 3. The minimum absolute atomic E-state index is 0.0585. The maximum absolute atomic E-state index is 12.4. The van der Waals surface area contributed by atoms with E-state index >= 15 is 0 Å². The van der Waals surface area contributed by atoms with Crippen molar-refractivity contribution in [2.24, 2.45) is 0 Å². The highest BCUT2D eigenvalue weighted by Gasteiger charge is 2.27. The Morgan fingerprint density at radius 1 is 1.04 bits per heavy atom. The number of aromatic amines is 1. The summed E-state index contributed by atoms with van der Waals surface area (Å²) in [4.78, 5) is 27.4. The summed E-state index contributed by atoms with van der Waals surface area (Å²) >= 11 is 1.82. The van der Waals surface area contributed by atoms with Crippen LogP contribution in [0.4, 0.5) is 0 Å². The van der Waals surface area contributed by atoms with Gasteiger partial charge in [0.25, 0.3) is 5.56 Å². The summed E-state index contributed by atoms with van der Waals surface area (Å²) in [7, 11) is 0. The number of hydrogen-bond acceptors (Lipinski definition) is 5. The number of likely N-dealkylation sites (tertiary alicyclic amines) is 1. The van der Waals surface area contributed by atoms with Gasteiger partial charge in [-0.25, -0.2) is 9.97 Å². The van der Waals surface area contributed by atoms with Gasteiger partial charge in [-0.2, -0.15) is 0 Å². The highest BCUT2D eigenvalue weighted by Crippen LogP contribution is 2.35. The van der Waals surface area contributed by atoms with E-state index in [0.29, 0.717) is 11.3 Å². The molecular weight excluding hydrogens is 368 g/mol. The lowest BCUT2D eigenvalue weighted by atomic mass is 9.96. The van der Waals surface area contributed by atoms with Gasteiger partial charge in [0.05, 0.1) is 32.2 Å². The Balaban J connectivity index is 1.33. The molecule has 1 N–H and O–H groups in total. The largest absolute Gasteiger partial charge is 0.309 e. The lowest BCUT2D eigenvalue weighted by molar-refractivity contribution is 0.157. The van der Waals surface area contributed by atoms with Crippen molar-refractivity contribution in [1.82, 2.24) is 19.9 Å². The molecule has 0 aliphatic carbocycles. The Kier molecular flexibility index (Phi) is 4.45. The molecule has 142 valence electrons. The second-order valence-electron chi connectivity index (χ2n) is 7.47. The van der Waals surface area contributed by atoms with Crippen molar-refractivity contribution in [3.8, 4) is 0 Å². The van der Waals surface area contributed by atoms with Crippen LogP contribution in [-0.2, 0) is 0 Å². The molecule has 28 heavy (non-hydrogen) atoms. The van der Waals surface area contributed by atoms with E-state index in [2.05, 4.69) is 35.0 Å². The number of H-pyrrole nitrogens is 1. The first-order valence-electron chi connectivity index (χ1n) is 9.77. The average molecular weight is 391 g/mol. The standard InChI is InChI=1S/C22H22N4OS/c1-14(20-23-17-7-3-2-6-16(17)21(27)25-20)26-12-10-15(11-13-26)22-24-18-8-4-5-9-19(18)28-22/h2-9,14-15H,10-13H2,1H3,(H,23,25,27)/t14-/m1/s1. The molecule has 5 nitrogen and oxygen atoms in total. The van der Waals surface area contributed by atoms with Crippen LogP contribution in [0.1, 0.15) is 42.6 Å². The van der Waals surface area contributed by atoms with E-state index in [1.807, 2.05) is 41.7 Å².